The lowest BCUT2D eigenvalue weighted by Crippen LogP contribution is -1.94. The van der Waals surface area contributed by atoms with Gasteiger partial charge in [0.15, 0.2) is 5.76 Å². The molecule has 0 aliphatic heterocycles. The maximum Gasteiger partial charge on any atom is 0.219 e. The minimum Gasteiger partial charge on any atom is -0.878 e. The van der Waals surface area contributed by atoms with E-state index in [9.17, 15) is 9.90 Å². The van der Waals surface area contributed by atoms with Crippen LogP contribution in [0.5, 0.6) is 0 Å². The number of carbonyl (C=O) groups excluding carboxylic acids is 1. The van der Waals surface area contributed by atoms with Gasteiger partial charge in [-0.3, -0.25) is 4.79 Å². The van der Waals surface area contributed by atoms with Crippen LogP contribution in [-0.4, -0.2) is 5.78 Å². The van der Waals surface area contributed by atoms with E-state index in [0.717, 1.165) is 15.9 Å². The first-order chi connectivity index (χ1) is 7.20. The SMILES string of the molecule is O=C(/C=C/[O-])c1cc2cc(Br)ccc2o1. The molecule has 0 saturated heterocycles. The third-order valence-corrected chi connectivity index (χ3v) is 2.43. The first-order valence-electron chi connectivity index (χ1n) is 4.22. The van der Waals surface area contributed by atoms with Gasteiger partial charge in [0.05, 0.1) is 0 Å². The Labute approximate surface area is 94.1 Å². The molecule has 0 bridgehead atoms. The molecule has 2 aromatic rings. The molecule has 0 fully saturated rings. The summed E-state index contributed by atoms with van der Waals surface area (Å²) in [4.78, 5) is 11.3. The lowest BCUT2D eigenvalue weighted by atomic mass is 10.2. The van der Waals surface area contributed by atoms with Gasteiger partial charge in [-0.05, 0) is 30.3 Å². The smallest absolute Gasteiger partial charge is 0.219 e. The van der Waals surface area contributed by atoms with Crippen molar-refractivity contribution < 1.29 is 14.3 Å². The van der Waals surface area contributed by atoms with Crippen LogP contribution < -0.4 is 5.11 Å². The van der Waals surface area contributed by atoms with Crippen LogP contribution in [0.1, 0.15) is 10.6 Å². The molecule has 1 aromatic carbocycles. The summed E-state index contributed by atoms with van der Waals surface area (Å²) in [6.45, 7) is 0. The van der Waals surface area contributed by atoms with Crippen molar-refractivity contribution in [1.82, 2.24) is 0 Å². The van der Waals surface area contributed by atoms with Crippen LogP contribution in [0.15, 0.2) is 45.5 Å². The van der Waals surface area contributed by atoms with Crippen molar-refractivity contribution in [3.8, 4) is 0 Å². The lowest BCUT2D eigenvalue weighted by molar-refractivity contribution is -0.274. The molecule has 0 radical (unpaired) electrons. The van der Waals surface area contributed by atoms with Crippen LogP contribution in [-0.2, 0) is 0 Å². The zero-order chi connectivity index (χ0) is 10.8. The summed E-state index contributed by atoms with van der Waals surface area (Å²) in [5.41, 5.74) is 0.626. The Morgan fingerprint density at radius 3 is 2.93 bits per heavy atom. The second-order valence-electron chi connectivity index (χ2n) is 2.96. The summed E-state index contributed by atoms with van der Waals surface area (Å²) < 4.78 is 6.19. The number of benzene rings is 1. The second-order valence-corrected chi connectivity index (χ2v) is 3.88. The fraction of sp³-hybridized carbons (Fsp3) is 0. The van der Waals surface area contributed by atoms with E-state index in [1.807, 2.05) is 12.1 Å². The zero-order valence-corrected chi connectivity index (χ0v) is 9.15. The van der Waals surface area contributed by atoms with Crippen molar-refractivity contribution in [2.75, 3.05) is 0 Å². The highest BCUT2D eigenvalue weighted by atomic mass is 79.9. The average molecular weight is 266 g/mol. The first kappa shape index (κ1) is 9.98. The summed E-state index contributed by atoms with van der Waals surface area (Å²) in [5.74, 6) is -0.243. The number of hydrogen-bond acceptors (Lipinski definition) is 3. The van der Waals surface area contributed by atoms with Crippen molar-refractivity contribution in [1.29, 1.82) is 0 Å². The van der Waals surface area contributed by atoms with Gasteiger partial charge in [-0.2, -0.15) is 0 Å². The topological polar surface area (TPSA) is 53.3 Å². The Morgan fingerprint density at radius 2 is 2.20 bits per heavy atom. The number of fused-ring (bicyclic) bond motifs is 1. The average Bonchev–Trinajstić information content (AvgIpc) is 2.60. The third kappa shape index (κ3) is 1.94. The quantitative estimate of drug-likeness (QED) is 0.476. The molecule has 0 atom stereocenters. The molecular formula is C11H6BrO3-. The predicted molar refractivity (Wildman–Crippen MR) is 57.4 cm³/mol. The van der Waals surface area contributed by atoms with Crippen LogP contribution >= 0.6 is 15.9 Å². The Kier molecular flexibility index (Phi) is 2.60. The van der Waals surface area contributed by atoms with Gasteiger partial charge in [0.25, 0.3) is 0 Å². The number of carbonyl (C=O) groups is 1. The molecule has 1 heterocycles. The van der Waals surface area contributed by atoms with Gasteiger partial charge in [0.1, 0.15) is 5.58 Å². The first-order valence-corrected chi connectivity index (χ1v) is 5.02. The van der Waals surface area contributed by atoms with Crippen LogP contribution in [0, 0.1) is 0 Å². The van der Waals surface area contributed by atoms with Crippen molar-refractivity contribution in [3.63, 3.8) is 0 Å². The molecule has 76 valence electrons. The molecular weight excluding hydrogens is 260 g/mol. The fourth-order valence-corrected chi connectivity index (χ4v) is 1.66. The minimum atomic E-state index is -0.419. The van der Waals surface area contributed by atoms with E-state index in [-0.39, 0.29) is 5.76 Å². The van der Waals surface area contributed by atoms with Crippen molar-refractivity contribution >= 4 is 32.7 Å². The molecule has 0 amide bonds. The zero-order valence-electron chi connectivity index (χ0n) is 7.57. The van der Waals surface area contributed by atoms with Gasteiger partial charge in [-0.15, -0.1) is 6.26 Å². The number of rotatable bonds is 2. The van der Waals surface area contributed by atoms with Crippen molar-refractivity contribution in [2.24, 2.45) is 0 Å². The highest BCUT2D eigenvalue weighted by molar-refractivity contribution is 9.10. The predicted octanol–water partition coefficient (Wildman–Crippen LogP) is 2.25. The minimum absolute atomic E-state index is 0.176. The number of allylic oxidation sites excluding steroid dienone is 1. The summed E-state index contributed by atoms with van der Waals surface area (Å²) in [7, 11) is 0. The van der Waals surface area contributed by atoms with E-state index in [4.69, 9.17) is 4.42 Å². The van der Waals surface area contributed by atoms with Crippen LogP contribution in [0.2, 0.25) is 0 Å². The van der Waals surface area contributed by atoms with Gasteiger partial charge in [-0.25, -0.2) is 0 Å². The van der Waals surface area contributed by atoms with E-state index in [0.29, 0.717) is 11.8 Å². The third-order valence-electron chi connectivity index (χ3n) is 1.94. The molecule has 0 unspecified atom stereocenters. The van der Waals surface area contributed by atoms with E-state index >= 15 is 0 Å². The molecule has 1 aromatic heterocycles. The van der Waals surface area contributed by atoms with Crippen LogP contribution in [0.25, 0.3) is 11.0 Å². The van der Waals surface area contributed by atoms with E-state index in [1.54, 1.807) is 12.1 Å². The van der Waals surface area contributed by atoms with Gasteiger partial charge in [0, 0.05) is 9.86 Å². The van der Waals surface area contributed by atoms with Crippen molar-refractivity contribution in [3.05, 3.63) is 46.8 Å². The highest BCUT2D eigenvalue weighted by Crippen LogP contribution is 2.23. The normalized spacial score (nSPS) is 11.3. The molecule has 0 N–H and O–H groups in total. The number of hydrogen-bond donors (Lipinski definition) is 0. The number of furan rings is 1. The van der Waals surface area contributed by atoms with Gasteiger partial charge in [0.2, 0.25) is 5.78 Å². The Balaban J connectivity index is 2.51. The van der Waals surface area contributed by atoms with Crippen LogP contribution in [0.4, 0.5) is 0 Å². The van der Waals surface area contributed by atoms with E-state index in [1.165, 1.54) is 0 Å². The summed E-state index contributed by atoms with van der Waals surface area (Å²) in [5, 5.41) is 11.0. The Morgan fingerprint density at radius 1 is 1.40 bits per heavy atom. The highest BCUT2D eigenvalue weighted by Gasteiger charge is 2.08. The summed E-state index contributed by atoms with van der Waals surface area (Å²) in [6, 6.07) is 7.04. The maximum atomic E-state index is 11.3. The van der Waals surface area contributed by atoms with Crippen molar-refractivity contribution in [2.45, 2.75) is 0 Å². The van der Waals surface area contributed by atoms with Gasteiger partial charge >= 0.3 is 0 Å². The van der Waals surface area contributed by atoms with Crippen LogP contribution in [0.3, 0.4) is 0 Å². The largest absolute Gasteiger partial charge is 0.878 e. The molecule has 0 aliphatic carbocycles. The molecule has 15 heavy (non-hydrogen) atoms. The van der Waals surface area contributed by atoms with E-state index < -0.39 is 5.78 Å². The molecule has 2 rings (SSSR count). The Bertz CT molecular complexity index is 540. The molecule has 0 spiro atoms. The molecule has 0 saturated carbocycles. The summed E-state index contributed by atoms with van der Waals surface area (Å²) in [6.07, 6.45) is 1.39. The van der Waals surface area contributed by atoms with Gasteiger partial charge in [-0.1, -0.05) is 15.9 Å². The fourth-order valence-electron chi connectivity index (χ4n) is 1.28. The molecule has 0 aliphatic rings. The lowest BCUT2D eigenvalue weighted by Gasteiger charge is -1.89. The monoisotopic (exact) mass is 265 g/mol. The van der Waals surface area contributed by atoms with Gasteiger partial charge < -0.3 is 9.52 Å². The second kappa shape index (κ2) is 3.90. The number of ketones is 1. The van der Waals surface area contributed by atoms with E-state index in [2.05, 4.69) is 15.9 Å². The standard InChI is InChI=1S/C11H7BrO3/c12-8-1-2-10-7(5-8)6-11(15-10)9(14)3-4-13/h1-6,13H/p-1/b4-3+. The Hall–Kier alpha value is -1.55. The maximum absolute atomic E-state index is 11.3. The number of halogens is 1. The summed E-state index contributed by atoms with van der Waals surface area (Å²) >= 11 is 3.32. The molecule has 3 nitrogen and oxygen atoms in total. The molecule has 4 heteroatoms.